The maximum Gasteiger partial charge on any atom is 0.257 e. The zero-order valence-electron chi connectivity index (χ0n) is 11.2. The van der Waals surface area contributed by atoms with Crippen LogP contribution in [0.25, 0.3) is 0 Å². The molecule has 0 aromatic heterocycles. The smallest absolute Gasteiger partial charge is 0.257 e. The van der Waals surface area contributed by atoms with Gasteiger partial charge in [0.25, 0.3) is 5.91 Å². The van der Waals surface area contributed by atoms with E-state index in [-0.39, 0.29) is 27.4 Å². The van der Waals surface area contributed by atoms with Gasteiger partial charge in [-0.3, -0.25) is 4.79 Å². The van der Waals surface area contributed by atoms with Crippen LogP contribution in [-0.2, 0) is 10.0 Å². The van der Waals surface area contributed by atoms with Crippen molar-refractivity contribution in [2.75, 3.05) is 6.54 Å². The highest BCUT2D eigenvalue weighted by atomic mass is 35.5. The average Bonchev–Trinajstić information content (AvgIpc) is 2.84. The number of primary sulfonamides is 1. The monoisotopic (exact) mass is 316 g/mol. The normalized spacial score (nSPS) is 19.4. The van der Waals surface area contributed by atoms with Gasteiger partial charge in [0.2, 0.25) is 10.0 Å². The molecule has 1 saturated heterocycles. The summed E-state index contributed by atoms with van der Waals surface area (Å²) in [6.45, 7) is 2.62. The number of rotatable bonds is 3. The lowest BCUT2D eigenvalue weighted by molar-refractivity contribution is 0.0730. The first-order chi connectivity index (χ1) is 9.36. The molecular formula is C13H17ClN2O3S. The van der Waals surface area contributed by atoms with Gasteiger partial charge in [-0.05, 0) is 31.4 Å². The van der Waals surface area contributed by atoms with E-state index < -0.39 is 10.0 Å². The third-order valence-electron chi connectivity index (χ3n) is 3.61. The Kier molecular flexibility index (Phi) is 4.36. The third-order valence-corrected chi connectivity index (χ3v) is 4.87. The zero-order chi connectivity index (χ0) is 14.9. The minimum absolute atomic E-state index is 0.0167. The molecule has 1 aromatic carbocycles. The molecule has 5 nitrogen and oxygen atoms in total. The molecule has 0 spiro atoms. The fourth-order valence-electron chi connectivity index (χ4n) is 2.62. The lowest BCUT2D eigenvalue weighted by atomic mass is 10.1. The van der Waals surface area contributed by atoms with Crippen LogP contribution in [0.3, 0.4) is 0 Å². The van der Waals surface area contributed by atoms with E-state index in [0.717, 1.165) is 19.3 Å². The second-order valence-corrected chi connectivity index (χ2v) is 6.80. The van der Waals surface area contributed by atoms with Gasteiger partial charge in [-0.25, -0.2) is 13.6 Å². The Bertz CT molecular complexity index is 631. The van der Waals surface area contributed by atoms with Gasteiger partial charge in [0.15, 0.2) is 0 Å². The number of halogens is 1. The second kappa shape index (κ2) is 5.71. The van der Waals surface area contributed by atoms with E-state index in [9.17, 15) is 13.2 Å². The fourth-order valence-corrected chi connectivity index (χ4v) is 3.68. The van der Waals surface area contributed by atoms with Crippen LogP contribution in [-0.4, -0.2) is 31.8 Å². The highest BCUT2D eigenvalue weighted by molar-refractivity contribution is 7.89. The molecule has 0 aliphatic carbocycles. The molecular weight excluding hydrogens is 300 g/mol. The predicted octanol–water partition coefficient (Wildman–Crippen LogP) is 2.00. The first-order valence-corrected chi connectivity index (χ1v) is 8.41. The van der Waals surface area contributed by atoms with Gasteiger partial charge >= 0.3 is 0 Å². The van der Waals surface area contributed by atoms with E-state index in [1.807, 2.05) is 6.92 Å². The molecule has 2 N–H and O–H groups in total. The van der Waals surface area contributed by atoms with Crippen LogP contribution >= 0.6 is 11.6 Å². The Balaban J connectivity index is 2.50. The molecule has 1 aromatic rings. The molecule has 1 fully saturated rings. The molecule has 110 valence electrons. The van der Waals surface area contributed by atoms with Gasteiger partial charge in [-0.2, -0.15) is 0 Å². The van der Waals surface area contributed by atoms with Crippen LogP contribution in [0.1, 0.15) is 36.5 Å². The number of carbonyl (C=O) groups is 1. The Morgan fingerprint density at radius 2 is 2.20 bits per heavy atom. The van der Waals surface area contributed by atoms with Crippen molar-refractivity contribution in [1.82, 2.24) is 4.90 Å². The summed E-state index contributed by atoms with van der Waals surface area (Å²) in [5, 5.41) is 5.29. The number of likely N-dealkylation sites (tertiary alicyclic amines) is 1. The lowest BCUT2D eigenvalue weighted by Gasteiger charge is -2.25. The summed E-state index contributed by atoms with van der Waals surface area (Å²) in [5.74, 6) is -0.357. The molecule has 1 atom stereocenters. The van der Waals surface area contributed by atoms with E-state index in [0.29, 0.717) is 6.54 Å². The number of amides is 1. The molecule has 1 heterocycles. The van der Waals surface area contributed by atoms with E-state index in [4.69, 9.17) is 16.7 Å². The molecule has 0 radical (unpaired) electrons. The van der Waals surface area contributed by atoms with Gasteiger partial charge in [-0.1, -0.05) is 24.6 Å². The minimum Gasteiger partial charge on any atom is -0.336 e. The van der Waals surface area contributed by atoms with Crippen LogP contribution in [0.5, 0.6) is 0 Å². The standard InChI is InChI=1S/C13H17ClN2O3S/c1-2-9-5-4-8-16(9)13(17)12-10(14)6-3-7-11(12)20(15,18)19/h3,6-7,9H,2,4-5,8H2,1H3,(H2,15,18,19). The van der Waals surface area contributed by atoms with E-state index in [1.54, 1.807) is 4.90 Å². The van der Waals surface area contributed by atoms with Crippen molar-refractivity contribution in [3.63, 3.8) is 0 Å². The SMILES string of the molecule is CCC1CCCN1C(=O)c1c(Cl)cccc1S(N)(=O)=O. The van der Waals surface area contributed by atoms with Crippen molar-refractivity contribution in [3.05, 3.63) is 28.8 Å². The Morgan fingerprint density at radius 3 is 2.80 bits per heavy atom. The number of hydrogen-bond acceptors (Lipinski definition) is 3. The lowest BCUT2D eigenvalue weighted by Crippen LogP contribution is -2.36. The van der Waals surface area contributed by atoms with Gasteiger partial charge in [0.1, 0.15) is 0 Å². The van der Waals surface area contributed by atoms with E-state index >= 15 is 0 Å². The molecule has 1 unspecified atom stereocenters. The maximum absolute atomic E-state index is 12.6. The summed E-state index contributed by atoms with van der Waals surface area (Å²) in [5.41, 5.74) is -0.0167. The van der Waals surface area contributed by atoms with Crippen molar-refractivity contribution in [1.29, 1.82) is 0 Å². The maximum atomic E-state index is 12.6. The summed E-state index contributed by atoms with van der Waals surface area (Å²) >= 11 is 6.03. The second-order valence-electron chi connectivity index (χ2n) is 4.86. The molecule has 20 heavy (non-hydrogen) atoms. The highest BCUT2D eigenvalue weighted by Crippen LogP contribution is 2.29. The van der Waals surface area contributed by atoms with Crippen LogP contribution in [0.15, 0.2) is 23.1 Å². The van der Waals surface area contributed by atoms with Crippen molar-refractivity contribution in [2.45, 2.75) is 37.1 Å². The van der Waals surface area contributed by atoms with Crippen molar-refractivity contribution in [2.24, 2.45) is 5.14 Å². The molecule has 1 amide bonds. The number of carbonyl (C=O) groups excluding carboxylic acids is 1. The van der Waals surface area contributed by atoms with Crippen molar-refractivity contribution in [3.8, 4) is 0 Å². The first-order valence-electron chi connectivity index (χ1n) is 6.48. The van der Waals surface area contributed by atoms with Gasteiger partial charge in [-0.15, -0.1) is 0 Å². The Labute approximate surface area is 123 Å². The zero-order valence-corrected chi connectivity index (χ0v) is 12.7. The van der Waals surface area contributed by atoms with Gasteiger partial charge < -0.3 is 4.90 Å². The fraction of sp³-hybridized carbons (Fsp3) is 0.462. The van der Waals surface area contributed by atoms with Crippen LogP contribution in [0, 0.1) is 0 Å². The van der Waals surface area contributed by atoms with Crippen LogP contribution < -0.4 is 5.14 Å². The highest BCUT2D eigenvalue weighted by Gasteiger charge is 2.32. The molecule has 7 heteroatoms. The Hall–Kier alpha value is -1.11. The summed E-state index contributed by atoms with van der Waals surface area (Å²) < 4.78 is 23.2. The largest absolute Gasteiger partial charge is 0.336 e. The number of benzene rings is 1. The summed E-state index contributed by atoms with van der Waals surface area (Å²) in [7, 11) is -3.99. The Morgan fingerprint density at radius 1 is 1.50 bits per heavy atom. The van der Waals surface area contributed by atoms with Gasteiger partial charge in [0, 0.05) is 12.6 Å². The molecule has 1 aliphatic heterocycles. The summed E-state index contributed by atoms with van der Waals surface area (Å²) in [6, 6.07) is 4.42. The van der Waals surface area contributed by atoms with Crippen molar-refractivity contribution < 1.29 is 13.2 Å². The quantitative estimate of drug-likeness (QED) is 0.926. The van der Waals surface area contributed by atoms with Gasteiger partial charge in [0.05, 0.1) is 15.5 Å². The van der Waals surface area contributed by atoms with E-state index in [2.05, 4.69) is 0 Å². The molecule has 0 bridgehead atoms. The van der Waals surface area contributed by atoms with Crippen LogP contribution in [0.2, 0.25) is 5.02 Å². The number of hydrogen-bond donors (Lipinski definition) is 1. The van der Waals surface area contributed by atoms with Crippen LogP contribution in [0.4, 0.5) is 0 Å². The van der Waals surface area contributed by atoms with Crippen molar-refractivity contribution >= 4 is 27.5 Å². The summed E-state index contributed by atoms with van der Waals surface area (Å²) in [6.07, 6.45) is 2.68. The molecule has 2 rings (SSSR count). The molecule has 1 aliphatic rings. The predicted molar refractivity (Wildman–Crippen MR) is 77.2 cm³/mol. The topological polar surface area (TPSA) is 80.5 Å². The minimum atomic E-state index is -3.99. The average molecular weight is 317 g/mol. The number of nitrogens with zero attached hydrogens (tertiary/aromatic N) is 1. The van der Waals surface area contributed by atoms with E-state index in [1.165, 1.54) is 18.2 Å². The first kappa shape index (κ1) is 15.3. The number of sulfonamides is 1. The summed E-state index contributed by atoms with van der Waals surface area (Å²) in [4.78, 5) is 14.1. The molecule has 0 saturated carbocycles. The third kappa shape index (κ3) is 2.82. The number of nitrogens with two attached hydrogens (primary N) is 1.